The van der Waals surface area contributed by atoms with Crippen LogP contribution in [0.1, 0.15) is 12.8 Å². The number of benzene rings is 1. The average molecular weight is 351 g/mol. The largest absolute Gasteiger partial charge is 0.495 e. The van der Waals surface area contributed by atoms with Gasteiger partial charge >= 0.3 is 0 Å². The van der Waals surface area contributed by atoms with Gasteiger partial charge in [0.15, 0.2) is 4.90 Å². The summed E-state index contributed by atoms with van der Waals surface area (Å²) in [6.45, 7) is 0.990. The highest BCUT2D eigenvalue weighted by molar-refractivity contribution is 7.89. The highest BCUT2D eigenvalue weighted by Gasteiger charge is 2.33. The zero-order valence-electron chi connectivity index (χ0n) is 13.0. The summed E-state index contributed by atoms with van der Waals surface area (Å²) in [6.07, 6.45) is 1.60. The van der Waals surface area contributed by atoms with E-state index in [-0.39, 0.29) is 17.3 Å². The van der Waals surface area contributed by atoms with Gasteiger partial charge in [-0.15, -0.1) is 12.4 Å². The third kappa shape index (κ3) is 3.65. The smallest absolute Gasteiger partial charge is 0.250 e. The second-order valence-electron chi connectivity index (χ2n) is 4.96. The first-order valence-electron chi connectivity index (χ1n) is 6.93. The molecule has 0 bridgehead atoms. The van der Waals surface area contributed by atoms with E-state index < -0.39 is 10.0 Å². The average Bonchev–Trinajstić information content (AvgIpc) is 2.53. The second kappa shape index (κ2) is 8.01. The van der Waals surface area contributed by atoms with Crippen LogP contribution in [0, 0.1) is 0 Å². The van der Waals surface area contributed by atoms with Gasteiger partial charge < -0.3 is 14.8 Å². The quantitative estimate of drug-likeness (QED) is 0.871. The minimum absolute atomic E-state index is 0. The molecule has 1 aromatic rings. The van der Waals surface area contributed by atoms with Crippen LogP contribution < -0.4 is 14.8 Å². The molecule has 0 aromatic heterocycles. The van der Waals surface area contributed by atoms with Crippen LogP contribution in [0.2, 0.25) is 0 Å². The predicted octanol–water partition coefficient (Wildman–Crippen LogP) is 1.50. The van der Waals surface area contributed by atoms with Crippen molar-refractivity contribution in [1.29, 1.82) is 0 Å². The van der Waals surface area contributed by atoms with Gasteiger partial charge in [0.25, 0.3) is 0 Å². The summed E-state index contributed by atoms with van der Waals surface area (Å²) in [6, 6.07) is 5.35. The Morgan fingerprint density at radius 3 is 2.05 bits per heavy atom. The molecule has 0 saturated carbocycles. The zero-order chi connectivity index (χ0) is 15.5. The highest BCUT2D eigenvalue weighted by Crippen LogP contribution is 2.35. The first kappa shape index (κ1) is 19.0. The van der Waals surface area contributed by atoms with Crippen LogP contribution >= 0.6 is 12.4 Å². The van der Waals surface area contributed by atoms with Gasteiger partial charge in [-0.1, -0.05) is 6.07 Å². The molecule has 1 saturated heterocycles. The summed E-state index contributed by atoms with van der Waals surface area (Å²) >= 11 is 0. The van der Waals surface area contributed by atoms with Gasteiger partial charge in [0.2, 0.25) is 10.0 Å². The zero-order valence-corrected chi connectivity index (χ0v) is 14.7. The molecule has 22 heavy (non-hydrogen) atoms. The van der Waals surface area contributed by atoms with Gasteiger partial charge in [0, 0.05) is 19.1 Å². The van der Waals surface area contributed by atoms with Crippen LogP contribution in [0.3, 0.4) is 0 Å². The molecular formula is C14H23ClN2O4S. The van der Waals surface area contributed by atoms with Crippen LogP contribution in [0.4, 0.5) is 0 Å². The maximum atomic E-state index is 12.9. The fourth-order valence-electron chi connectivity index (χ4n) is 2.59. The van der Waals surface area contributed by atoms with E-state index >= 15 is 0 Å². The van der Waals surface area contributed by atoms with E-state index in [1.165, 1.54) is 18.5 Å². The topological polar surface area (TPSA) is 67.9 Å². The van der Waals surface area contributed by atoms with E-state index in [2.05, 4.69) is 5.32 Å². The number of hydrogen-bond donors (Lipinski definition) is 1. The minimum Gasteiger partial charge on any atom is -0.495 e. The number of ether oxygens (including phenoxy) is 2. The summed E-state index contributed by atoms with van der Waals surface area (Å²) in [7, 11) is 1.20. The maximum Gasteiger partial charge on any atom is 0.250 e. The molecule has 126 valence electrons. The Bertz CT molecular complexity index is 564. The molecule has 2 rings (SSSR count). The predicted molar refractivity (Wildman–Crippen MR) is 87.6 cm³/mol. The molecule has 1 aliphatic rings. The number of nitrogens with one attached hydrogen (secondary N) is 1. The molecule has 6 nitrogen and oxygen atoms in total. The molecule has 1 aliphatic heterocycles. The van der Waals surface area contributed by atoms with Crippen LogP contribution in [-0.4, -0.2) is 53.1 Å². The normalized spacial score (nSPS) is 16.9. The van der Waals surface area contributed by atoms with Crippen molar-refractivity contribution in [3.05, 3.63) is 18.2 Å². The third-order valence-electron chi connectivity index (χ3n) is 3.84. The van der Waals surface area contributed by atoms with Crippen molar-refractivity contribution in [3.63, 3.8) is 0 Å². The lowest BCUT2D eigenvalue weighted by Gasteiger charge is -2.31. The number of rotatable bonds is 5. The van der Waals surface area contributed by atoms with E-state index in [4.69, 9.17) is 9.47 Å². The fraction of sp³-hybridized carbons (Fsp3) is 0.571. The lowest BCUT2D eigenvalue weighted by Crippen LogP contribution is -2.44. The van der Waals surface area contributed by atoms with Crippen LogP contribution in [0.5, 0.6) is 11.5 Å². The van der Waals surface area contributed by atoms with Crippen molar-refractivity contribution in [1.82, 2.24) is 9.62 Å². The first-order chi connectivity index (χ1) is 10.0. The Kier molecular flexibility index (Phi) is 6.93. The highest BCUT2D eigenvalue weighted by atomic mass is 35.5. The number of piperidine rings is 1. The molecular weight excluding hydrogens is 328 g/mol. The van der Waals surface area contributed by atoms with Crippen LogP contribution in [0.25, 0.3) is 0 Å². The maximum absolute atomic E-state index is 12.9. The van der Waals surface area contributed by atoms with Crippen molar-refractivity contribution in [2.75, 3.05) is 34.4 Å². The van der Waals surface area contributed by atoms with E-state index in [9.17, 15) is 8.42 Å². The molecule has 0 unspecified atom stereocenters. The summed E-state index contributed by atoms with van der Waals surface area (Å²) in [5, 5.41) is 3.19. The van der Waals surface area contributed by atoms with E-state index in [0.717, 1.165) is 12.8 Å². The Morgan fingerprint density at radius 2 is 1.64 bits per heavy atom. The fourth-order valence-corrected chi connectivity index (χ4v) is 4.35. The van der Waals surface area contributed by atoms with E-state index in [1.54, 1.807) is 18.2 Å². The lowest BCUT2D eigenvalue weighted by molar-refractivity contribution is 0.295. The van der Waals surface area contributed by atoms with Crippen molar-refractivity contribution in [2.24, 2.45) is 0 Å². The molecule has 1 N–H and O–H groups in total. The molecule has 8 heteroatoms. The molecule has 0 amide bonds. The Labute approximate surface area is 138 Å². The van der Waals surface area contributed by atoms with Gasteiger partial charge in [-0.3, -0.25) is 0 Å². The SMILES string of the molecule is CNC1CCN(S(=O)(=O)c2c(OC)cccc2OC)CC1.Cl. The van der Waals surface area contributed by atoms with E-state index in [1.807, 2.05) is 7.05 Å². The third-order valence-corrected chi connectivity index (χ3v) is 5.81. The van der Waals surface area contributed by atoms with E-state index in [0.29, 0.717) is 30.6 Å². The Hall–Kier alpha value is -1.02. The summed E-state index contributed by atoms with van der Waals surface area (Å²) in [4.78, 5) is 0.109. The number of sulfonamides is 1. The van der Waals surface area contributed by atoms with Crippen molar-refractivity contribution in [2.45, 2.75) is 23.8 Å². The monoisotopic (exact) mass is 350 g/mol. The van der Waals surface area contributed by atoms with Gasteiger partial charge in [-0.2, -0.15) is 4.31 Å². The molecule has 0 aliphatic carbocycles. The van der Waals surface area contributed by atoms with Crippen molar-refractivity contribution >= 4 is 22.4 Å². The van der Waals surface area contributed by atoms with Gasteiger partial charge in [-0.05, 0) is 32.0 Å². The molecule has 1 fully saturated rings. The minimum atomic E-state index is -3.62. The summed E-state index contributed by atoms with van der Waals surface area (Å²) < 4.78 is 37.7. The van der Waals surface area contributed by atoms with Crippen LogP contribution in [-0.2, 0) is 10.0 Å². The number of hydrogen-bond acceptors (Lipinski definition) is 5. The van der Waals surface area contributed by atoms with Gasteiger partial charge in [-0.25, -0.2) is 8.42 Å². The van der Waals surface area contributed by atoms with Gasteiger partial charge in [0.1, 0.15) is 11.5 Å². The second-order valence-corrected chi connectivity index (χ2v) is 6.83. The molecule has 0 spiro atoms. The lowest BCUT2D eigenvalue weighted by atomic mass is 10.1. The Morgan fingerprint density at radius 1 is 1.14 bits per heavy atom. The Balaban J connectivity index is 0.00000242. The first-order valence-corrected chi connectivity index (χ1v) is 8.37. The number of methoxy groups -OCH3 is 2. The standard InChI is InChI=1S/C14H22N2O4S.ClH/c1-15-11-7-9-16(10-8-11)21(17,18)14-12(19-2)5-4-6-13(14)20-3;/h4-6,11,15H,7-10H2,1-3H3;1H. The van der Waals surface area contributed by atoms with Crippen molar-refractivity contribution < 1.29 is 17.9 Å². The van der Waals surface area contributed by atoms with Crippen LogP contribution in [0.15, 0.2) is 23.1 Å². The number of halogens is 1. The number of nitrogens with zero attached hydrogens (tertiary/aromatic N) is 1. The molecule has 0 radical (unpaired) electrons. The summed E-state index contributed by atoms with van der Waals surface area (Å²) in [5.41, 5.74) is 0. The summed E-state index contributed by atoms with van der Waals surface area (Å²) in [5.74, 6) is 0.621. The molecule has 1 heterocycles. The van der Waals surface area contributed by atoms with Gasteiger partial charge in [0.05, 0.1) is 14.2 Å². The molecule has 1 aromatic carbocycles. The van der Waals surface area contributed by atoms with Crippen molar-refractivity contribution in [3.8, 4) is 11.5 Å². The molecule has 0 atom stereocenters.